The number of ether oxygens (including phenoxy) is 1. The normalized spacial score (nSPS) is 10.3. The molecule has 0 aliphatic carbocycles. The fourth-order valence-corrected chi connectivity index (χ4v) is 1.22. The number of hydrogen-bond acceptors (Lipinski definition) is 6. The topological polar surface area (TPSA) is 113 Å². The summed E-state index contributed by atoms with van der Waals surface area (Å²) >= 11 is 0. The van der Waals surface area contributed by atoms with Crippen molar-refractivity contribution >= 4 is 11.9 Å². The fraction of sp³-hybridized carbons (Fsp3) is 0.200. The van der Waals surface area contributed by atoms with Crippen LogP contribution in [-0.2, 0) is 4.74 Å². The number of amides is 1. The molecule has 0 atom stereocenters. The van der Waals surface area contributed by atoms with Gasteiger partial charge < -0.3 is 14.9 Å². The number of esters is 1. The van der Waals surface area contributed by atoms with E-state index in [9.17, 15) is 9.59 Å². The van der Waals surface area contributed by atoms with Crippen molar-refractivity contribution < 1.29 is 18.7 Å². The third-order valence-electron chi connectivity index (χ3n) is 2.04. The summed E-state index contributed by atoms with van der Waals surface area (Å²) in [4.78, 5) is 26.1. The number of oxazole rings is 1. The minimum absolute atomic E-state index is 0.0305. The molecule has 94 valence electrons. The first-order valence-corrected chi connectivity index (χ1v) is 5.09. The highest BCUT2D eigenvalue weighted by Gasteiger charge is 2.15. The molecule has 0 aliphatic rings. The molecule has 2 N–H and O–H groups in total. The van der Waals surface area contributed by atoms with Crippen LogP contribution in [0, 0.1) is 0 Å². The summed E-state index contributed by atoms with van der Waals surface area (Å²) in [6.07, 6.45) is 3.78. The highest BCUT2D eigenvalue weighted by atomic mass is 16.5. The molecule has 0 spiro atoms. The van der Waals surface area contributed by atoms with Gasteiger partial charge in [-0.1, -0.05) is 0 Å². The molecule has 0 unspecified atom stereocenters. The van der Waals surface area contributed by atoms with Crippen molar-refractivity contribution in [2.24, 2.45) is 5.73 Å². The van der Waals surface area contributed by atoms with E-state index in [1.165, 1.54) is 17.1 Å². The Bertz CT molecular complexity index is 586. The Morgan fingerprint density at radius 3 is 2.94 bits per heavy atom. The van der Waals surface area contributed by atoms with Gasteiger partial charge in [0.05, 0.1) is 18.4 Å². The molecule has 2 aromatic rings. The number of carbonyl (C=O) groups is 2. The van der Waals surface area contributed by atoms with E-state index >= 15 is 0 Å². The number of nitrogens with zero attached hydrogens (tertiary/aromatic N) is 3. The van der Waals surface area contributed by atoms with Gasteiger partial charge in [0, 0.05) is 6.20 Å². The average molecular weight is 250 g/mol. The molecule has 0 saturated heterocycles. The third-order valence-corrected chi connectivity index (χ3v) is 2.04. The van der Waals surface area contributed by atoms with Gasteiger partial charge in [-0.15, -0.1) is 0 Å². The zero-order valence-corrected chi connectivity index (χ0v) is 9.49. The highest BCUT2D eigenvalue weighted by Crippen LogP contribution is 2.09. The number of primary amides is 1. The van der Waals surface area contributed by atoms with Crippen LogP contribution in [0.4, 0.5) is 0 Å². The lowest BCUT2D eigenvalue weighted by Crippen LogP contribution is -2.09. The zero-order valence-electron chi connectivity index (χ0n) is 9.49. The van der Waals surface area contributed by atoms with E-state index < -0.39 is 11.9 Å². The van der Waals surface area contributed by atoms with Crippen molar-refractivity contribution in [3.05, 3.63) is 29.9 Å². The van der Waals surface area contributed by atoms with Gasteiger partial charge in [0.1, 0.15) is 6.26 Å². The lowest BCUT2D eigenvalue weighted by Gasteiger charge is -1.95. The maximum atomic E-state index is 11.4. The summed E-state index contributed by atoms with van der Waals surface area (Å²) in [6.45, 7) is 1.93. The van der Waals surface area contributed by atoms with Crippen molar-refractivity contribution in [1.29, 1.82) is 0 Å². The molecule has 0 aromatic carbocycles. The van der Waals surface area contributed by atoms with Gasteiger partial charge in [0.2, 0.25) is 0 Å². The standard InChI is InChI=1S/C10H10N4O4/c1-2-17-9(16)7-5-18-10(13-7)14-4-6(3-12-14)8(11)15/h3-5H,2H2,1H3,(H2,11,15). The SMILES string of the molecule is CCOC(=O)c1coc(-n2cc(C(N)=O)cn2)n1. The molecule has 8 nitrogen and oxygen atoms in total. The Kier molecular flexibility index (Phi) is 3.09. The van der Waals surface area contributed by atoms with Crippen LogP contribution >= 0.6 is 0 Å². The second-order valence-corrected chi connectivity index (χ2v) is 3.27. The minimum Gasteiger partial charge on any atom is -0.461 e. The van der Waals surface area contributed by atoms with Gasteiger partial charge in [0.25, 0.3) is 5.91 Å². The van der Waals surface area contributed by atoms with Gasteiger partial charge in [-0.25, -0.2) is 4.79 Å². The van der Waals surface area contributed by atoms with Crippen LogP contribution in [0.15, 0.2) is 23.1 Å². The molecule has 0 aliphatic heterocycles. The predicted molar refractivity (Wildman–Crippen MR) is 58.1 cm³/mol. The fourth-order valence-electron chi connectivity index (χ4n) is 1.22. The van der Waals surface area contributed by atoms with E-state index in [4.69, 9.17) is 14.9 Å². The first kappa shape index (κ1) is 11.8. The minimum atomic E-state index is -0.613. The summed E-state index contributed by atoms with van der Waals surface area (Å²) in [5.41, 5.74) is 5.33. The van der Waals surface area contributed by atoms with Gasteiger partial charge in [-0.2, -0.15) is 14.8 Å². The van der Waals surface area contributed by atoms with E-state index in [2.05, 4.69) is 10.1 Å². The lowest BCUT2D eigenvalue weighted by molar-refractivity contribution is 0.0519. The molecule has 0 fully saturated rings. The molecule has 2 heterocycles. The maximum Gasteiger partial charge on any atom is 0.360 e. The second-order valence-electron chi connectivity index (χ2n) is 3.27. The summed E-state index contributed by atoms with van der Waals surface area (Å²) in [5.74, 6) is -1.20. The Morgan fingerprint density at radius 2 is 2.33 bits per heavy atom. The first-order chi connectivity index (χ1) is 8.61. The number of hydrogen-bond donors (Lipinski definition) is 1. The van der Waals surface area contributed by atoms with Crippen LogP contribution in [0.25, 0.3) is 6.01 Å². The Labute approximate surface area is 101 Å². The van der Waals surface area contributed by atoms with Crippen LogP contribution in [0.5, 0.6) is 0 Å². The molecular weight excluding hydrogens is 240 g/mol. The smallest absolute Gasteiger partial charge is 0.360 e. The van der Waals surface area contributed by atoms with Crippen molar-refractivity contribution in [3.63, 3.8) is 0 Å². The van der Waals surface area contributed by atoms with E-state index in [0.717, 1.165) is 6.26 Å². The first-order valence-electron chi connectivity index (χ1n) is 5.09. The molecule has 0 bridgehead atoms. The molecular formula is C10H10N4O4. The number of carbonyl (C=O) groups excluding carboxylic acids is 2. The third kappa shape index (κ3) is 2.21. The number of aromatic nitrogens is 3. The Morgan fingerprint density at radius 1 is 1.56 bits per heavy atom. The molecule has 2 aromatic heterocycles. The van der Waals surface area contributed by atoms with E-state index in [1.807, 2.05) is 0 Å². The quantitative estimate of drug-likeness (QED) is 0.772. The molecule has 2 rings (SSSR count). The van der Waals surface area contributed by atoms with Crippen molar-refractivity contribution in [1.82, 2.24) is 14.8 Å². The van der Waals surface area contributed by atoms with Crippen LogP contribution in [0.2, 0.25) is 0 Å². The monoisotopic (exact) mass is 250 g/mol. The lowest BCUT2D eigenvalue weighted by atomic mass is 10.4. The van der Waals surface area contributed by atoms with Crippen molar-refractivity contribution in [3.8, 4) is 6.01 Å². The summed E-state index contributed by atoms with van der Waals surface area (Å²) in [5, 5.41) is 3.83. The van der Waals surface area contributed by atoms with Gasteiger partial charge in [-0.3, -0.25) is 4.79 Å². The predicted octanol–water partition coefficient (Wildman–Crippen LogP) is 0.136. The molecule has 0 radical (unpaired) electrons. The van der Waals surface area contributed by atoms with Crippen LogP contribution in [0.3, 0.4) is 0 Å². The Hall–Kier alpha value is -2.64. The van der Waals surface area contributed by atoms with Crippen LogP contribution in [0.1, 0.15) is 27.8 Å². The van der Waals surface area contributed by atoms with Crippen LogP contribution < -0.4 is 5.73 Å². The van der Waals surface area contributed by atoms with E-state index in [1.54, 1.807) is 6.92 Å². The average Bonchev–Trinajstić information content (AvgIpc) is 2.98. The second kappa shape index (κ2) is 4.70. The zero-order chi connectivity index (χ0) is 13.1. The highest BCUT2D eigenvalue weighted by molar-refractivity contribution is 5.92. The molecule has 0 saturated carbocycles. The van der Waals surface area contributed by atoms with Crippen molar-refractivity contribution in [2.45, 2.75) is 6.92 Å². The summed E-state index contributed by atoms with van der Waals surface area (Å²) < 4.78 is 11.0. The van der Waals surface area contributed by atoms with Gasteiger partial charge in [0.15, 0.2) is 5.69 Å². The van der Waals surface area contributed by atoms with E-state index in [-0.39, 0.29) is 23.9 Å². The Balaban J connectivity index is 2.23. The van der Waals surface area contributed by atoms with Gasteiger partial charge >= 0.3 is 12.0 Å². The molecule has 18 heavy (non-hydrogen) atoms. The molecule has 1 amide bonds. The largest absolute Gasteiger partial charge is 0.461 e. The number of nitrogens with two attached hydrogens (primary N) is 1. The maximum absolute atomic E-state index is 11.4. The van der Waals surface area contributed by atoms with E-state index in [0.29, 0.717) is 0 Å². The molecule has 8 heteroatoms. The summed E-state index contributed by atoms with van der Waals surface area (Å²) in [7, 11) is 0. The number of rotatable bonds is 4. The van der Waals surface area contributed by atoms with Gasteiger partial charge in [-0.05, 0) is 6.92 Å². The van der Waals surface area contributed by atoms with Crippen LogP contribution in [-0.4, -0.2) is 33.2 Å². The van der Waals surface area contributed by atoms with Crippen molar-refractivity contribution in [2.75, 3.05) is 6.61 Å². The summed E-state index contributed by atoms with van der Waals surface area (Å²) in [6, 6.07) is 0.0468.